The van der Waals surface area contributed by atoms with Gasteiger partial charge in [0.2, 0.25) is 11.6 Å². The topological polar surface area (TPSA) is 76.8 Å². The summed E-state index contributed by atoms with van der Waals surface area (Å²) in [6.07, 6.45) is 1.69. The van der Waals surface area contributed by atoms with E-state index in [1.54, 1.807) is 18.3 Å². The molecule has 0 aliphatic rings. The summed E-state index contributed by atoms with van der Waals surface area (Å²) in [7, 11) is 3.01. The fourth-order valence-electron chi connectivity index (χ4n) is 1.98. The Hall–Kier alpha value is -2.21. The molecule has 6 nitrogen and oxygen atoms in total. The van der Waals surface area contributed by atoms with Gasteiger partial charge in [0.15, 0.2) is 11.5 Å². The Morgan fingerprint density at radius 3 is 2.38 bits per heavy atom. The fourth-order valence-corrected chi connectivity index (χ4v) is 1.98. The highest BCUT2D eigenvalue weighted by atomic mass is 16.5. The molecule has 2 rings (SSSR count). The van der Waals surface area contributed by atoms with Crippen LogP contribution in [0.15, 0.2) is 22.7 Å². The summed E-state index contributed by atoms with van der Waals surface area (Å²) in [5, 5.41) is 13.2. The van der Waals surface area contributed by atoms with Crippen LogP contribution in [-0.4, -0.2) is 24.3 Å². The summed E-state index contributed by atoms with van der Waals surface area (Å²) in [6, 6.07) is 3.50. The molecule has 0 saturated heterocycles. The number of hydrogen-bond acceptors (Lipinski definition) is 6. The summed E-state index contributed by atoms with van der Waals surface area (Å²) in [4.78, 5) is 4.19. The van der Waals surface area contributed by atoms with Gasteiger partial charge >= 0.3 is 0 Å². The van der Waals surface area contributed by atoms with Crippen LogP contribution in [0.3, 0.4) is 0 Å². The van der Waals surface area contributed by atoms with E-state index in [0.29, 0.717) is 23.9 Å². The normalized spacial score (nSPS) is 12.2. The van der Waals surface area contributed by atoms with E-state index in [1.807, 2.05) is 13.8 Å². The minimum atomic E-state index is -0.0236. The van der Waals surface area contributed by atoms with Gasteiger partial charge in [-0.1, -0.05) is 0 Å². The Morgan fingerprint density at radius 1 is 1.29 bits per heavy atom. The molecule has 0 radical (unpaired) electrons. The van der Waals surface area contributed by atoms with Crippen LogP contribution in [0.25, 0.3) is 0 Å². The van der Waals surface area contributed by atoms with Gasteiger partial charge < -0.3 is 24.3 Å². The highest BCUT2D eigenvalue weighted by Crippen LogP contribution is 2.37. The van der Waals surface area contributed by atoms with Crippen LogP contribution in [0.2, 0.25) is 0 Å². The minimum Gasteiger partial charge on any atom is -0.502 e. The monoisotopic (exact) mass is 292 g/mol. The third-order valence-electron chi connectivity index (χ3n) is 3.16. The van der Waals surface area contributed by atoms with Crippen LogP contribution in [-0.2, 0) is 6.54 Å². The van der Waals surface area contributed by atoms with Crippen LogP contribution in [0.5, 0.6) is 17.2 Å². The number of rotatable bonds is 6. The largest absolute Gasteiger partial charge is 0.502 e. The molecule has 0 spiro atoms. The molecule has 2 N–H and O–H groups in total. The zero-order chi connectivity index (χ0) is 15.4. The molecule has 0 amide bonds. The van der Waals surface area contributed by atoms with Crippen molar-refractivity contribution >= 4 is 0 Å². The predicted octanol–water partition coefficient (Wildman–Crippen LogP) is 2.56. The molecule has 0 bridgehead atoms. The van der Waals surface area contributed by atoms with Gasteiger partial charge in [0.25, 0.3) is 0 Å². The molecule has 0 aliphatic carbocycles. The van der Waals surface area contributed by atoms with Crippen molar-refractivity contribution in [2.24, 2.45) is 0 Å². The Balaban J connectivity index is 2.09. The van der Waals surface area contributed by atoms with E-state index in [4.69, 9.17) is 13.9 Å². The molecule has 2 aromatic rings. The molecule has 0 fully saturated rings. The van der Waals surface area contributed by atoms with Gasteiger partial charge in [0.1, 0.15) is 5.76 Å². The minimum absolute atomic E-state index is 0.000115. The van der Waals surface area contributed by atoms with E-state index < -0.39 is 0 Å². The SMILES string of the molecule is COc1cc(CNC(C)c2ncc(C)o2)cc(OC)c1O. The van der Waals surface area contributed by atoms with Gasteiger partial charge in [0.05, 0.1) is 26.5 Å². The van der Waals surface area contributed by atoms with Crippen LogP contribution >= 0.6 is 0 Å². The van der Waals surface area contributed by atoms with Crippen molar-refractivity contribution in [1.82, 2.24) is 10.3 Å². The number of ether oxygens (including phenoxy) is 2. The van der Waals surface area contributed by atoms with Gasteiger partial charge in [-0.3, -0.25) is 0 Å². The average molecular weight is 292 g/mol. The van der Waals surface area contributed by atoms with Crippen molar-refractivity contribution in [3.05, 3.63) is 35.5 Å². The molecule has 1 atom stereocenters. The molecule has 1 aromatic carbocycles. The number of methoxy groups -OCH3 is 2. The van der Waals surface area contributed by atoms with E-state index in [1.165, 1.54) is 14.2 Å². The van der Waals surface area contributed by atoms with E-state index in [0.717, 1.165) is 11.3 Å². The Morgan fingerprint density at radius 2 is 1.90 bits per heavy atom. The zero-order valence-electron chi connectivity index (χ0n) is 12.6. The molecule has 21 heavy (non-hydrogen) atoms. The highest BCUT2D eigenvalue weighted by Gasteiger charge is 2.14. The summed E-state index contributed by atoms with van der Waals surface area (Å²) in [5.41, 5.74) is 0.927. The maximum atomic E-state index is 9.88. The van der Waals surface area contributed by atoms with Gasteiger partial charge in [-0.25, -0.2) is 4.98 Å². The first-order valence-corrected chi connectivity index (χ1v) is 6.64. The number of aromatic nitrogens is 1. The second kappa shape index (κ2) is 6.49. The van der Waals surface area contributed by atoms with Gasteiger partial charge in [-0.15, -0.1) is 0 Å². The maximum absolute atomic E-state index is 9.88. The van der Waals surface area contributed by atoms with Crippen molar-refractivity contribution in [3.63, 3.8) is 0 Å². The van der Waals surface area contributed by atoms with Crippen LogP contribution in [0, 0.1) is 6.92 Å². The first-order valence-electron chi connectivity index (χ1n) is 6.64. The van der Waals surface area contributed by atoms with Crippen molar-refractivity contribution in [1.29, 1.82) is 0 Å². The lowest BCUT2D eigenvalue weighted by Gasteiger charge is -2.14. The lowest BCUT2D eigenvalue weighted by molar-refractivity contribution is 0.338. The van der Waals surface area contributed by atoms with E-state index >= 15 is 0 Å². The summed E-state index contributed by atoms with van der Waals surface area (Å²) in [5.74, 6) is 2.19. The second-order valence-electron chi connectivity index (χ2n) is 4.76. The molecular formula is C15H20N2O4. The Bertz CT molecular complexity index is 584. The first kappa shape index (κ1) is 15.2. The summed E-state index contributed by atoms with van der Waals surface area (Å²) in [6.45, 7) is 4.40. The number of nitrogens with one attached hydrogen (secondary N) is 1. The first-order chi connectivity index (χ1) is 10.0. The third-order valence-corrected chi connectivity index (χ3v) is 3.16. The van der Waals surface area contributed by atoms with Crippen LogP contribution in [0.1, 0.15) is 30.2 Å². The van der Waals surface area contributed by atoms with E-state index in [-0.39, 0.29) is 11.8 Å². The smallest absolute Gasteiger partial charge is 0.211 e. The number of phenols is 1. The molecule has 0 aliphatic heterocycles. The number of aromatic hydroxyl groups is 1. The zero-order valence-corrected chi connectivity index (χ0v) is 12.6. The van der Waals surface area contributed by atoms with Crippen molar-refractivity contribution in [2.45, 2.75) is 26.4 Å². The molecule has 114 valence electrons. The predicted molar refractivity (Wildman–Crippen MR) is 77.7 cm³/mol. The van der Waals surface area contributed by atoms with Crippen LogP contribution < -0.4 is 14.8 Å². The Labute approximate surface area is 123 Å². The number of hydrogen-bond donors (Lipinski definition) is 2. The summed E-state index contributed by atoms with van der Waals surface area (Å²) < 4.78 is 15.7. The summed E-state index contributed by atoms with van der Waals surface area (Å²) >= 11 is 0. The molecule has 1 unspecified atom stereocenters. The number of aryl methyl sites for hydroxylation is 1. The average Bonchev–Trinajstić information content (AvgIpc) is 2.92. The number of nitrogens with zero attached hydrogens (tertiary/aromatic N) is 1. The molecular weight excluding hydrogens is 272 g/mol. The number of benzene rings is 1. The van der Waals surface area contributed by atoms with E-state index in [2.05, 4.69) is 10.3 Å². The lowest BCUT2D eigenvalue weighted by atomic mass is 10.1. The van der Waals surface area contributed by atoms with Crippen LogP contribution in [0.4, 0.5) is 0 Å². The quantitative estimate of drug-likeness (QED) is 0.852. The highest BCUT2D eigenvalue weighted by molar-refractivity contribution is 5.52. The number of oxazole rings is 1. The molecule has 1 aromatic heterocycles. The standard InChI is InChI=1S/C15H20N2O4/c1-9-7-17-15(21-9)10(2)16-8-11-5-12(19-3)14(18)13(6-11)20-4/h5-7,10,16,18H,8H2,1-4H3. The molecule has 0 saturated carbocycles. The lowest BCUT2D eigenvalue weighted by Crippen LogP contribution is -2.18. The van der Waals surface area contributed by atoms with Gasteiger partial charge in [0, 0.05) is 6.54 Å². The fraction of sp³-hybridized carbons (Fsp3) is 0.400. The van der Waals surface area contributed by atoms with Gasteiger partial charge in [-0.05, 0) is 31.5 Å². The molecule has 6 heteroatoms. The van der Waals surface area contributed by atoms with Gasteiger partial charge in [-0.2, -0.15) is 0 Å². The maximum Gasteiger partial charge on any atom is 0.211 e. The third kappa shape index (κ3) is 3.46. The van der Waals surface area contributed by atoms with E-state index in [9.17, 15) is 5.11 Å². The Kier molecular flexibility index (Phi) is 4.70. The van der Waals surface area contributed by atoms with Crippen molar-refractivity contribution < 1.29 is 19.0 Å². The number of phenolic OH excluding ortho intramolecular Hbond substituents is 1. The van der Waals surface area contributed by atoms with Crippen molar-refractivity contribution in [3.8, 4) is 17.2 Å². The molecule has 1 heterocycles. The second-order valence-corrected chi connectivity index (χ2v) is 4.76. The van der Waals surface area contributed by atoms with Crippen molar-refractivity contribution in [2.75, 3.05) is 14.2 Å².